The second kappa shape index (κ2) is 5.85. The van der Waals surface area contributed by atoms with E-state index < -0.39 is 0 Å². The first-order valence-corrected chi connectivity index (χ1v) is 6.81. The molecule has 3 aromatic carbocycles. The molecule has 0 radical (unpaired) electrons. The molecule has 0 saturated heterocycles. The summed E-state index contributed by atoms with van der Waals surface area (Å²) in [6, 6.07) is 16.8. The predicted molar refractivity (Wildman–Crippen MR) is 84.9 cm³/mol. The molecule has 22 heavy (non-hydrogen) atoms. The van der Waals surface area contributed by atoms with Gasteiger partial charge in [-0.3, -0.25) is 4.79 Å². The number of nitrogens with one attached hydrogen (secondary N) is 1. The lowest BCUT2D eigenvalue weighted by Crippen LogP contribution is -2.12. The molecule has 0 fully saturated rings. The van der Waals surface area contributed by atoms with E-state index in [4.69, 9.17) is 4.74 Å². The summed E-state index contributed by atoms with van der Waals surface area (Å²) in [7, 11) is 1.58. The van der Waals surface area contributed by atoms with E-state index in [1.54, 1.807) is 55.6 Å². The summed E-state index contributed by atoms with van der Waals surface area (Å²) in [6.07, 6.45) is 0. The van der Waals surface area contributed by atoms with Crippen LogP contribution in [-0.4, -0.2) is 13.0 Å². The maximum absolute atomic E-state index is 13.8. The van der Waals surface area contributed by atoms with Gasteiger partial charge < -0.3 is 10.1 Å². The van der Waals surface area contributed by atoms with Gasteiger partial charge in [-0.1, -0.05) is 24.3 Å². The number of carbonyl (C=O) groups is 1. The maximum Gasteiger partial charge on any atom is 0.256 e. The number of amides is 1. The van der Waals surface area contributed by atoms with Crippen molar-refractivity contribution in [2.24, 2.45) is 0 Å². The lowest BCUT2D eigenvalue weighted by molar-refractivity contribution is 0.102. The number of benzene rings is 3. The van der Waals surface area contributed by atoms with Crippen LogP contribution in [0.2, 0.25) is 0 Å². The second-order valence-corrected chi connectivity index (χ2v) is 4.82. The molecule has 110 valence electrons. The van der Waals surface area contributed by atoms with E-state index >= 15 is 0 Å². The zero-order chi connectivity index (χ0) is 15.5. The number of ether oxygens (including phenoxy) is 1. The molecule has 0 aliphatic carbocycles. The van der Waals surface area contributed by atoms with Crippen LogP contribution in [0.3, 0.4) is 0 Å². The molecule has 0 heterocycles. The predicted octanol–water partition coefficient (Wildman–Crippen LogP) is 4.24. The number of fused-ring (bicyclic) bond motifs is 1. The van der Waals surface area contributed by atoms with Gasteiger partial charge in [0.2, 0.25) is 0 Å². The molecule has 0 aliphatic heterocycles. The first-order valence-electron chi connectivity index (χ1n) is 6.81. The van der Waals surface area contributed by atoms with Crippen molar-refractivity contribution in [2.75, 3.05) is 12.4 Å². The highest BCUT2D eigenvalue weighted by atomic mass is 19.1. The third-order valence-electron chi connectivity index (χ3n) is 3.46. The number of rotatable bonds is 3. The molecule has 1 amide bonds. The Kier molecular flexibility index (Phi) is 3.74. The van der Waals surface area contributed by atoms with Crippen LogP contribution in [0.1, 0.15) is 10.4 Å². The minimum absolute atomic E-state index is 0.277. The van der Waals surface area contributed by atoms with Crippen LogP contribution in [0, 0.1) is 5.82 Å². The van der Waals surface area contributed by atoms with Gasteiger partial charge in [-0.15, -0.1) is 0 Å². The zero-order valence-corrected chi connectivity index (χ0v) is 12.0. The Morgan fingerprint density at radius 1 is 0.955 bits per heavy atom. The number of halogens is 1. The lowest BCUT2D eigenvalue weighted by atomic mass is 10.0. The average molecular weight is 295 g/mol. The van der Waals surface area contributed by atoms with E-state index in [0.29, 0.717) is 27.8 Å². The Balaban J connectivity index is 1.93. The summed E-state index contributed by atoms with van der Waals surface area (Å²) < 4.78 is 18.9. The Morgan fingerprint density at radius 3 is 2.32 bits per heavy atom. The lowest BCUT2D eigenvalue weighted by Gasteiger charge is -2.09. The number of hydrogen-bond acceptors (Lipinski definition) is 2. The molecule has 0 atom stereocenters. The maximum atomic E-state index is 13.8. The summed E-state index contributed by atoms with van der Waals surface area (Å²) in [5.74, 6) is 0.100. The Hall–Kier alpha value is -2.88. The van der Waals surface area contributed by atoms with Crippen LogP contribution in [0.4, 0.5) is 10.1 Å². The van der Waals surface area contributed by atoms with Crippen LogP contribution < -0.4 is 10.1 Å². The molecule has 0 spiro atoms. The fourth-order valence-electron chi connectivity index (χ4n) is 2.33. The van der Waals surface area contributed by atoms with E-state index in [2.05, 4.69) is 5.32 Å². The Labute approximate surface area is 127 Å². The molecule has 3 nitrogen and oxygen atoms in total. The van der Waals surface area contributed by atoms with Crippen molar-refractivity contribution in [3.8, 4) is 5.75 Å². The molecule has 0 aromatic heterocycles. The number of methoxy groups -OCH3 is 1. The molecule has 3 aromatic rings. The molecule has 0 saturated carbocycles. The van der Waals surface area contributed by atoms with Crippen molar-refractivity contribution in [1.82, 2.24) is 0 Å². The normalized spacial score (nSPS) is 10.5. The fourth-order valence-corrected chi connectivity index (χ4v) is 2.33. The van der Waals surface area contributed by atoms with Gasteiger partial charge in [0, 0.05) is 16.6 Å². The van der Waals surface area contributed by atoms with E-state index in [0.717, 1.165) is 0 Å². The topological polar surface area (TPSA) is 38.3 Å². The van der Waals surface area contributed by atoms with Crippen LogP contribution in [-0.2, 0) is 0 Å². The van der Waals surface area contributed by atoms with Gasteiger partial charge in [-0.2, -0.15) is 0 Å². The molecule has 3 rings (SSSR count). The van der Waals surface area contributed by atoms with Crippen LogP contribution in [0.25, 0.3) is 10.8 Å². The van der Waals surface area contributed by atoms with Gasteiger partial charge >= 0.3 is 0 Å². The van der Waals surface area contributed by atoms with Gasteiger partial charge in [0.25, 0.3) is 5.91 Å². The van der Waals surface area contributed by atoms with Gasteiger partial charge in [-0.25, -0.2) is 4.39 Å². The van der Waals surface area contributed by atoms with Crippen molar-refractivity contribution in [2.45, 2.75) is 0 Å². The SMILES string of the molecule is COc1ccc(NC(=O)c2ccc(F)c3ccccc23)cc1. The summed E-state index contributed by atoms with van der Waals surface area (Å²) in [5, 5.41) is 3.83. The summed E-state index contributed by atoms with van der Waals surface area (Å²) in [6.45, 7) is 0. The van der Waals surface area contributed by atoms with Crippen molar-refractivity contribution in [3.05, 3.63) is 72.0 Å². The minimum atomic E-state index is -0.336. The first-order chi connectivity index (χ1) is 10.7. The third kappa shape index (κ3) is 2.63. The van der Waals surface area contributed by atoms with Crippen molar-refractivity contribution in [1.29, 1.82) is 0 Å². The van der Waals surface area contributed by atoms with Gasteiger partial charge in [0.15, 0.2) is 0 Å². The highest BCUT2D eigenvalue weighted by Gasteiger charge is 2.12. The van der Waals surface area contributed by atoms with Crippen molar-refractivity contribution < 1.29 is 13.9 Å². The molecule has 0 bridgehead atoms. The minimum Gasteiger partial charge on any atom is -0.497 e. The van der Waals surface area contributed by atoms with E-state index in [1.807, 2.05) is 0 Å². The summed E-state index contributed by atoms with van der Waals surface area (Å²) >= 11 is 0. The molecular weight excluding hydrogens is 281 g/mol. The monoisotopic (exact) mass is 295 g/mol. The quantitative estimate of drug-likeness (QED) is 0.785. The second-order valence-electron chi connectivity index (χ2n) is 4.82. The standard InChI is InChI=1S/C18H14FNO2/c1-22-13-8-6-12(7-9-13)20-18(21)16-10-11-17(19)15-5-3-2-4-14(15)16/h2-11H,1H3,(H,20,21). The first kappa shape index (κ1) is 14.1. The van der Waals surface area contributed by atoms with Crippen molar-refractivity contribution in [3.63, 3.8) is 0 Å². The van der Waals surface area contributed by atoms with E-state index in [9.17, 15) is 9.18 Å². The van der Waals surface area contributed by atoms with Crippen LogP contribution in [0.15, 0.2) is 60.7 Å². The molecule has 0 aliphatic rings. The van der Waals surface area contributed by atoms with Gasteiger partial charge in [0.05, 0.1) is 7.11 Å². The largest absolute Gasteiger partial charge is 0.497 e. The smallest absolute Gasteiger partial charge is 0.256 e. The number of anilines is 1. The Bertz CT molecular complexity index is 828. The summed E-state index contributed by atoms with van der Waals surface area (Å²) in [4.78, 5) is 12.4. The molecular formula is C18H14FNO2. The number of hydrogen-bond donors (Lipinski definition) is 1. The zero-order valence-electron chi connectivity index (χ0n) is 12.0. The van der Waals surface area contributed by atoms with E-state index in [-0.39, 0.29) is 11.7 Å². The molecule has 0 unspecified atom stereocenters. The summed E-state index contributed by atoms with van der Waals surface area (Å²) in [5.41, 5.74) is 1.09. The van der Waals surface area contributed by atoms with Crippen LogP contribution >= 0.6 is 0 Å². The average Bonchev–Trinajstić information content (AvgIpc) is 2.56. The van der Waals surface area contributed by atoms with E-state index in [1.165, 1.54) is 12.1 Å². The fraction of sp³-hybridized carbons (Fsp3) is 0.0556. The Morgan fingerprint density at radius 2 is 1.64 bits per heavy atom. The molecule has 4 heteroatoms. The van der Waals surface area contributed by atoms with Gasteiger partial charge in [-0.05, 0) is 41.8 Å². The van der Waals surface area contributed by atoms with Crippen LogP contribution in [0.5, 0.6) is 5.75 Å². The third-order valence-corrected chi connectivity index (χ3v) is 3.46. The number of carbonyl (C=O) groups excluding carboxylic acids is 1. The highest BCUT2D eigenvalue weighted by Crippen LogP contribution is 2.23. The highest BCUT2D eigenvalue weighted by molar-refractivity contribution is 6.13. The molecule has 1 N–H and O–H groups in total. The van der Waals surface area contributed by atoms with Gasteiger partial charge in [0.1, 0.15) is 11.6 Å². The van der Waals surface area contributed by atoms with Crippen molar-refractivity contribution >= 4 is 22.4 Å².